The molecule has 2 heteroatoms. The fraction of sp³-hybridized carbons (Fsp3) is 0.500. The third kappa shape index (κ3) is 2.11. The quantitative estimate of drug-likeness (QED) is 0.786. The van der Waals surface area contributed by atoms with E-state index in [1.165, 1.54) is 15.6 Å². The van der Waals surface area contributed by atoms with Crippen LogP contribution in [0.4, 0.5) is 0 Å². The van der Waals surface area contributed by atoms with Gasteiger partial charge < -0.3 is 5.32 Å². The molecule has 0 bridgehead atoms. The van der Waals surface area contributed by atoms with Crippen molar-refractivity contribution in [3.05, 3.63) is 33.4 Å². The van der Waals surface area contributed by atoms with Crippen LogP contribution in [0.2, 0.25) is 0 Å². The molecule has 2 rings (SSSR count). The van der Waals surface area contributed by atoms with Gasteiger partial charge in [-0.25, -0.2) is 0 Å². The van der Waals surface area contributed by atoms with Crippen LogP contribution in [-0.2, 0) is 0 Å². The van der Waals surface area contributed by atoms with Gasteiger partial charge in [-0.15, -0.1) is 0 Å². The van der Waals surface area contributed by atoms with Crippen molar-refractivity contribution in [2.45, 2.75) is 38.3 Å². The molecule has 3 atom stereocenters. The van der Waals surface area contributed by atoms with Gasteiger partial charge >= 0.3 is 0 Å². The second-order valence-corrected chi connectivity index (χ2v) is 5.50. The highest BCUT2D eigenvalue weighted by Gasteiger charge is 2.28. The SMILES string of the molecule is CC1CC(c2ccc(I)cc2)C(C)N1. The maximum atomic E-state index is 3.58. The number of benzene rings is 1. The van der Waals surface area contributed by atoms with Gasteiger partial charge in [0.05, 0.1) is 0 Å². The van der Waals surface area contributed by atoms with E-state index in [9.17, 15) is 0 Å². The Morgan fingerprint density at radius 2 is 1.86 bits per heavy atom. The summed E-state index contributed by atoms with van der Waals surface area (Å²) in [6.45, 7) is 4.55. The summed E-state index contributed by atoms with van der Waals surface area (Å²) in [7, 11) is 0. The van der Waals surface area contributed by atoms with E-state index in [1.54, 1.807) is 0 Å². The minimum atomic E-state index is 0.616. The molecule has 1 N–H and O–H groups in total. The van der Waals surface area contributed by atoms with Crippen molar-refractivity contribution in [2.24, 2.45) is 0 Å². The van der Waals surface area contributed by atoms with Crippen LogP contribution in [0.15, 0.2) is 24.3 Å². The summed E-state index contributed by atoms with van der Waals surface area (Å²) in [4.78, 5) is 0. The third-order valence-electron chi connectivity index (χ3n) is 3.06. The lowest BCUT2D eigenvalue weighted by Crippen LogP contribution is -2.26. The summed E-state index contributed by atoms with van der Waals surface area (Å²) in [5.41, 5.74) is 1.48. The smallest absolute Gasteiger partial charge is 0.0130 e. The average molecular weight is 301 g/mol. The van der Waals surface area contributed by atoms with E-state index in [2.05, 4.69) is 66.0 Å². The molecule has 0 spiro atoms. The van der Waals surface area contributed by atoms with Crippen LogP contribution in [0.5, 0.6) is 0 Å². The van der Waals surface area contributed by atoms with Gasteiger partial charge in [0.25, 0.3) is 0 Å². The molecule has 0 aromatic heterocycles. The van der Waals surface area contributed by atoms with Gasteiger partial charge in [0, 0.05) is 21.6 Å². The fourth-order valence-corrected chi connectivity index (χ4v) is 2.71. The zero-order chi connectivity index (χ0) is 10.1. The van der Waals surface area contributed by atoms with Crippen LogP contribution in [0.1, 0.15) is 31.7 Å². The summed E-state index contributed by atoms with van der Waals surface area (Å²) >= 11 is 2.35. The number of hydrogen-bond acceptors (Lipinski definition) is 1. The van der Waals surface area contributed by atoms with Crippen LogP contribution >= 0.6 is 22.6 Å². The third-order valence-corrected chi connectivity index (χ3v) is 3.78. The molecule has 1 saturated heterocycles. The molecule has 76 valence electrons. The van der Waals surface area contributed by atoms with Gasteiger partial charge in [0.2, 0.25) is 0 Å². The van der Waals surface area contributed by atoms with Gasteiger partial charge in [-0.1, -0.05) is 12.1 Å². The first kappa shape index (κ1) is 10.4. The highest BCUT2D eigenvalue weighted by molar-refractivity contribution is 14.1. The van der Waals surface area contributed by atoms with Gasteiger partial charge in [-0.3, -0.25) is 0 Å². The van der Waals surface area contributed by atoms with E-state index in [-0.39, 0.29) is 0 Å². The summed E-state index contributed by atoms with van der Waals surface area (Å²) in [6.07, 6.45) is 1.27. The Balaban J connectivity index is 2.19. The molecule has 1 fully saturated rings. The minimum Gasteiger partial charge on any atom is -0.311 e. The van der Waals surface area contributed by atoms with Crippen LogP contribution in [0.3, 0.4) is 0 Å². The average Bonchev–Trinajstić information content (AvgIpc) is 2.47. The number of nitrogens with one attached hydrogen (secondary N) is 1. The first-order valence-electron chi connectivity index (χ1n) is 5.18. The van der Waals surface area contributed by atoms with Crippen molar-refractivity contribution in [3.8, 4) is 0 Å². The minimum absolute atomic E-state index is 0.616. The Kier molecular flexibility index (Phi) is 3.12. The number of halogens is 1. The second kappa shape index (κ2) is 4.19. The van der Waals surface area contributed by atoms with Crippen LogP contribution in [0, 0.1) is 3.57 Å². The molecular formula is C12H16IN. The predicted octanol–water partition coefficient (Wildman–Crippen LogP) is 3.15. The normalized spacial score (nSPS) is 32.1. The molecule has 3 unspecified atom stereocenters. The molecule has 0 amide bonds. The molecule has 1 aromatic rings. The number of rotatable bonds is 1. The molecule has 1 nitrogen and oxygen atoms in total. The molecule has 1 aliphatic heterocycles. The Bertz CT molecular complexity index is 307. The van der Waals surface area contributed by atoms with Crippen LogP contribution in [0.25, 0.3) is 0 Å². The molecule has 0 saturated carbocycles. The largest absolute Gasteiger partial charge is 0.311 e. The van der Waals surface area contributed by atoms with Crippen molar-refractivity contribution in [1.82, 2.24) is 5.32 Å². The zero-order valence-corrected chi connectivity index (χ0v) is 10.8. The molecule has 14 heavy (non-hydrogen) atoms. The molecular weight excluding hydrogens is 285 g/mol. The van der Waals surface area contributed by atoms with Crippen molar-refractivity contribution in [2.75, 3.05) is 0 Å². The molecule has 0 aliphatic carbocycles. The Morgan fingerprint density at radius 3 is 2.36 bits per heavy atom. The zero-order valence-electron chi connectivity index (χ0n) is 8.63. The highest BCUT2D eigenvalue weighted by atomic mass is 127. The van der Waals surface area contributed by atoms with Crippen LogP contribution in [-0.4, -0.2) is 12.1 Å². The molecule has 1 aliphatic rings. The van der Waals surface area contributed by atoms with Gasteiger partial charge in [-0.05, 0) is 60.6 Å². The van der Waals surface area contributed by atoms with Crippen molar-refractivity contribution < 1.29 is 0 Å². The van der Waals surface area contributed by atoms with E-state index < -0.39 is 0 Å². The van der Waals surface area contributed by atoms with Gasteiger partial charge in [0.1, 0.15) is 0 Å². The Labute approximate surface area is 99.4 Å². The van der Waals surface area contributed by atoms with E-state index in [4.69, 9.17) is 0 Å². The monoisotopic (exact) mass is 301 g/mol. The van der Waals surface area contributed by atoms with E-state index in [0.29, 0.717) is 18.0 Å². The first-order valence-corrected chi connectivity index (χ1v) is 6.26. The van der Waals surface area contributed by atoms with E-state index in [0.717, 1.165) is 0 Å². The lowest BCUT2D eigenvalue weighted by molar-refractivity contribution is 0.575. The van der Waals surface area contributed by atoms with Crippen LogP contribution < -0.4 is 5.32 Å². The van der Waals surface area contributed by atoms with Crippen molar-refractivity contribution in [1.29, 1.82) is 0 Å². The Hall–Kier alpha value is -0.0900. The summed E-state index contributed by atoms with van der Waals surface area (Å²) in [6, 6.07) is 10.2. The molecule has 1 aromatic carbocycles. The standard InChI is InChI=1S/C12H16IN/c1-8-7-12(9(2)14-8)10-3-5-11(13)6-4-10/h3-6,8-9,12,14H,7H2,1-2H3. The van der Waals surface area contributed by atoms with Crippen molar-refractivity contribution >= 4 is 22.6 Å². The second-order valence-electron chi connectivity index (χ2n) is 4.25. The van der Waals surface area contributed by atoms with Crippen molar-refractivity contribution in [3.63, 3.8) is 0 Å². The summed E-state index contributed by atoms with van der Waals surface area (Å²) < 4.78 is 1.32. The van der Waals surface area contributed by atoms with E-state index in [1.807, 2.05) is 0 Å². The number of hydrogen-bond donors (Lipinski definition) is 1. The topological polar surface area (TPSA) is 12.0 Å². The molecule has 1 heterocycles. The first-order chi connectivity index (χ1) is 6.66. The summed E-state index contributed by atoms with van der Waals surface area (Å²) in [5.74, 6) is 0.696. The molecule has 0 radical (unpaired) electrons. The maximum absolute atomic E-state index is 3.58. The lowest BCUT2D eigenvalue weighted by Gasteiger charge is -2.15. The predicted molar refractivity (Wildman–Crippen MR) is 68.6 cm³/mol. The van der Waals surface area contributed by atoms with Gasteiger partial charge in [-0.2, -0.15) is 0 Å². The lowest BCUT2D eigenvalue weighted by atomic mass is 9.92. The summed E-state index contributed by atoms with van der Waals surface area (Å²) in [5, 5.41) is 3.58. The van der Waals surface area contributed by atoms with Gasteiger partial charge in [0.15, 0.2) is 0 Å². The fourth-order valence-electron chi connectivity index (χ4n) is 2.35. The highest BCUT2D eigenvalue weighted by Crippen LogP contribution is 2.30. The Morgan fingerprint density at radius 1 is 1.21 bits per heavy atom. The van der Waals surface area contributed by atoms with E-state index >= 15 is 0 Å². The maximum Gasteiger partial charge on any atom is 0.0130 e.